The van der Waals surface area contributed by atoms with E-state index < -0.39 is 5.56 Å². The molecule has 0 saturated carbocycles. The van der Waals surface area contributed by atoms with Crippen LogP contribution in [-0.4, -0.2) is 75.2 Å². The van der Waals surface area contributed by atoms with Gasteiger partial charge in [0.2, 0.25) is 11.9 Å². The fraction of sp³-hybridized carbons (Fsp3) is 0.280. The zero-order valence-electron chi connectivity index (χ0n) is 19.4. The monoisotopic (exact) mass is 491 g/mol. The Kier molecular flexibility index (Phi) is 6.52. The maximum atomic E-state index is 12.9. The zero-order chi connectivity index (χ0) is 24.4. The van der Waals surface area contributed by atoms with E-state index in [0.29, 0.717) is 18.8 Å². The number of nitrogens with zero attached hydrogens (tertiary/aromatic N) is 6. The smallest absolute Gasteiger partial charge is 0.295 e. The number of anilines is 1. The third-order valence-electron chi connectivity index (χ3n) is 6.24. The quantitative estimate of drug-likeness (QED) is 0.446. The molecule has 0 unspecified atom stereocenters. The Morgan fingerprint density at radius 1 is 1.06 bits per heavy atom. The number of amides is 1. The molecule has 5 rings (SSSR count). The highest BCUT2D eigenvalue weighted by molar-refractivity contribution is 6.33. The van der Waals surface area contributed by atoms with Crippen molar-refractivity contribution in [3.05, 3.63) is 81.7 Å². The van der Waals surface area contributed by atoms with E-state index in [1.807, 2.05) is 47.4 Å². The second-order valence-electron chi connectivity index (χ2n) is 8.64. The van der Waals surface area contributed by atoms with Crippen molar-refractivity contribution in [1.29, 1.82) is 0 Å². The summed E-state index contributed by atoms with van der Waals surface area (Å²) in [6, 6.07) is 17.8. The number of hydrogen-bond acceptors (Lipinski definition) is 6. The first kappa shape index (κ1) is 23.1. The van der Waals surface area contributed by atoms with Crippen LogP contribution in [0.4, 0.5) is 5.69 Å². The van der Waals surface area contributed by atoms with E-state index in [-0.39, 0.29) is 23.4 Å². The van der Waals surface area contributed by atoms with Gasteiger partial charge in [-0.3, -0.25) is 14.5 Å². The van der Waals surface area contributed by atoms with Crippen LogP contribution in [-0.2, 0) is 11.3 Å². The summed E-state index contributed by atoms with van der Waals surface area (Å²) in [5.74, 6) is 0.279. The van der Waals surface area contributed by atoms with Gasteiger partial charge in [0.25, 0.3) is 5.56 Å². The van der Waals surface area contributed by atoms with Crippen molar-refractivity contribution < 1.29 is 4.79 Å². The molecule has 10 heteroatoms. The third-order valence-corrected chi connectivity index (χ3v) is 6.59. The fourth-order valence-electron chi connectivity index (χ4n) is 4.27. The summed E-state index contributed by atoms with van der Waals surface area (Å²) < 4.78 is 1.13. The standard InChI is InChI=1S/C25H26ClN7O2/c1-30(17-22(34)32-13-11-31(12-14-32)16-18-7-3-2-4-8-18)21-15-27-33(24(35)23(21)26)25-28-19-9-5-6-10-20(19)29-25/h2-10,15H,11-14,16-17H2,1H3,(H,28,29). The van der Waals surface area contributed by atoms with Crippen LogP contribution in [0.2, 0.25) is 5.02 Å². The molecule has 9 nitrogen and oxygen atoms in total. The lowest BCUT2D eigenvalue weighted by atomic mass is 10.2. The highest BCUT2D eigenvalue weighted by atomic mass is 35.5. The number of likely N-dealkylation sites (N-methyl/N-ethyl adjacent to an activating group) is 1. The Labute approximate surface area is 207 Å². The van der Waals surface area contributed by atoms with Gasteiger partial charge in [0.15, 0.2) is 0 Å². The Morgan fingerprint density at radius 2 is 1.77 bits per heavy atom. The Morgan fingerprint density at radius 3 is 2.51 bits per heavy atom. The Hall–Kier alpha value is -3.69. The first-order valence-electron chi connectivity index (χ1n) is 11.5. The first-order valence-corrected chi connectivity index (χ1v) is 11.9. The van der Waals surface area contributed by atoms with Gasteiger partial charge in [-0.05, 0) is 17.7 Å². The number of nitrogens with one attached hydrogen (secondary N) is 1. The minimum atomic E-state index is -0.503. The number of aromatic amines is 1. The molecule has 0 aliphatic carbocycles. The fourth-order valence-corrected chi connectivity index (χ4v) is 4.54. The molecule has 2 aromatic carbocycles. The lowest BCUT2D eigenvalue weighted by Crippen LogP contribution is -2.50. The van der Waals surface area contributed by atoms with Crippen molar-refractivity contribution in [3.8, 4) is 5.95 Å². The van der Waals surface area contributed by atoms with Crippen LogP contribution >= 0.6 is 11.6 Å². The molecule has 1 aliphatic heterocycles. The predicted octanol–water partition coefficient (Wildman–Crippen LogP) is 2.54. The second kappa shape index (κ2) is 9.89. The minimum Gasteiger partial charge on any atom is -0.363 e. The van der Waals surface area contributed by atoms with E-state index >= 15 is 0 Å². The summed E-state index contributed by atoms with van der Waals surface area (Å²) in [4.78, 5) is 39.2. The molecule has 0 spiro atoms. The highest BCUT2D eigenvalue weighted by Gasteiger charge is 2.23. The number of rotatable bonds is 6. The number of fused-ring (bicyclic) bond motifs is 1. The molecule has 0 bridgehead atoms. The molecule has 4 aromatic rings. The van der Waals surface area contributed by atoms with E-state index in [1.54, 1.807) is 11.9 Å². The van der Waals surface area contributed by atoms with Crippen LogP contribution in [0.1, 0.15) is 5.56 Å². The molecule has 35 heavy (non-hydrogen) atoms. The lowest BCUT2D eigenvalue weighted by molar-refractivity contribution is -0.131. The summed E-state index contributed by atoms with van der Waals surface area (Å²) in [6.45, 7) is 3.96. The van der Waals surface area contributed by atoms with Crippen molar-refractivity contribution in [1.82, 2.24) is 29.5 Å². The van der Waals surface area contributed by atoms with Crippen molar-refractivity contribution in [2.45, 2.75) is 6.54 Å². The number of H-pyrrole nitrogens is 1. The number of piperazine rings is 1. The number of aromatic nitrogens is 4. The Balaban J connectivity index is 1.22. The molecule has 1 fully saturated rings. The normalized spacial score (nSPS) is 14.4. The van der Waals surface area contributed by atoms with Crippen LogP contribution in [0.25, 0.3) is 17.0 Å². The average molecular weight is 492 g/mol. The Bertz CT molecular complexity index is 1360. The third kappa shape index (κ3) is 4.91. The van der Waals surface area contributed by atoms with Gasteiger partial charge in [-0.2, -0.15) is 9.78 Å². The number of hydrogen-bond donors (Lipinski definition) is 1. The molecule has 180 valence electrons. The lowest BCUT2D eigenvalue weighted by Gasteiger charge is -2.35. The number of imidazole rings is 1. The molecule has 1 saturated heterocycles. The van der Waals surface area contributed by atoms with Crippen molar-refractivity contribution >= 4 is 34.2 Å². The average Bonchev–Trinajstić information content (AvgIpc) is 3.30. The van der Waals surface area contributed by atoms with E-state index in [1.165, 1.54) is 11.8 Å². The molecule has 1 amide bonds. The summed E-state index contributed by atoms with van der Waals surface area (Å²) >= 11 is 6.42. The largest absolute Gasteiger partial charge is 0.363 e. The van der Waals surface area contributed by atoms with E-state index in [2.05, 4.69) is 32.1 Å². The topological polar surface area (TPSA) is 90.4 Å². The van der Waals surface area contributed by atoms with Crippen LogP contribution in [0, 0.1) is 0 Å². The highest BCUT2D eigenvalue weighted by Crippen LogP contribution is 2.21. The number of carbonyl (C=O) groups is 1. The van der Waals surface area contributed by atoms with Crippen molar-refractivity contribution in [2.75, 3.05) is 44.7 Å². The molecule has 1 N–H and O–H groups in total. The van der Waals surface area contributed by atoms with Gasteiger partial charge in [0.05, 0.1) is 29.5 Å². The molecule has 0 atom stereocenters. The SMILES string of the molecule is CN(CC(=O)N1CCN(Cc2ccccc2)CC1)c1cnn(-c2nc3ccccc3[nH]2)c(=O)c1Cl. The summed E-state index contributed by atoms with van der Waals surface area (Å²) in [5, 5.41) is 4.24. The summed E-state index contributed by atoms with van der Waals surface area (Å²) in [7, 11) is 1.73. The van der Waals surface area contributed by atoms with E-state index in [9.17, 15) is 9.59 Å². The maximum absolute atomic E-state index is 12.9. The molecule has 1 aliphatic rings. The zero-order valence-corrected chi connectivity index (χ0v) is 20.1. The molecular formula is C25H26ClN7O2. The number of para-hydroxylation sites is 2. The van der Waals surface area contributed by atoms with Crippen LogP contribution in [0.3, 0.4) is 0 Å². The molecule has 0 radical (unpaired) electrons. The molecule has 3 heterocycles. The van der Waals surface area contributed by atoms with Crippen LogP contribution in [0.15, 0.2) is 65.6 Å². The van der Waals surface area contributed by atoms with Crippen molar-refractivity contribution in [3.63, 3.8) is 0 Å². The maximum Gasteiger partial charge on any atom is 0.295 e. The number of benzene rings is 2. The number of halogens is 1. The predicted molar refractivity (Wildman–Crippen MR) is 136 cm³/mol. The van der Waals surface area contributed by atoms with Crippen molar-refractivity contribution in [2.24, 2.45) is 0 Å². The van der Waals surface area contributed by atoms with Gasteiger partial charge in [-0.15, -0.1) is 0 Å². The number of carbonyl (C=O) groups excluding carboxylic acids is 1. The van der Waals surface area contributed by atoms with Gasteiger partial charge in [0, 0.05) is 39.8 Å². The van der Waals surface area contributed by atoms with Crippen LogP contribution < -0.4 is 10.5 Å². The first-order chi connectivity index (χ1) is 17.0. The van der Waals surface area contributed by atoms with Crippen LogP contribution in [0.5, 0.6) is 0 Å². The van der Waals surface area contributed by atoms with Gasteiger partial charge in [-0.25, -0.2) is 4.98 Å². The minimum absolute atomic E-state index is 0.00982. The summed E-state index contributed by atoms with van der Waals surface area (Å²) in [5.41, 5.74) is 2.69. The van der Waals surface area contributed by atoms with Gasteiger partial charge in [0.1, 0.15) is 5.02 Å². The van der Waals surface area contributed by atoms with Gasteiger partial charge < -0.3 is 14.8 Å². The van der Waals surface area contributed by atoms with Gasteiger partial charge >= 0.3 is 0 Å². The second-order valence-corrected chi connectivity index (χ2v) is 9.01. The molecule has 2 aromatic heterocycles. The van der Waals surface area contributed by atoms with E-state index in [0.717, 1.165) is 35.3 Å². The summed E-state index contributed by atoms with van der Waals surface area (Å²) in [6.07, 6.45) is 1.49. The van der Waals surface area contributed by atoms with Gasteiger partial charge in [-0.1, -0.05) is 54.1 Å². The van der Waals surface area contributed by atoms with E-state index in [4.69, 9.17) is 11.6 Å². The molecular weight excluding hydrogens is 466 g/mol.